The van der Waals surface area contributed by atoms with Crippen molar-refractivity contribution in [3.05, 3.63) is 54.6 Å². The van der Waals surface area contributed by atoms with Crippen LogP contribution in [0.5, 0.6) is 11.5 Å². The van der Waals surface area contributed by atoms with Crippen LogP contribution in [0, 0.1) is 5.82 Å². The molecule has 0 spiro atoms. The van der Waals surface area contributed by atoms with Crippen molar-refractivity contribution in [1.82, 2.24) is 15.2 Å². The topological polar surface area (TPSA) is 63.7 Å². The summed E-state index contributed by atoms with van der Waals surface area (Å²) in [5.41, 5.74) is 0. The highest BCUT2D eigenvalue weighted by Gasteiger charge is 2.28. The lowest BCUT2D eigenvalue weighted by Crippen LogP contribution is -2.56. The van der Waals surface area contributed by atoms with Gasteiger partial charge in [-0.2, -0.15) is 0 Å². The number of hydrogen-bond acceptors (Lipinski definition) is 5. The summed E-state index contributed by atoms with van der Waals surface area (Å²) in [5, 5.41) is 3.23. The number of aromatic nitrogens is 1. The van der Waals surface area contributed by atoms with Crippen molar-refractivity contribution in [1.29, 1.82) is 0 Å². The Morgan fingerprint density at radius 3 is 2.88 bits per heavy atom. The third-order valence-corrected chi connectivity index (χ3v) is 3.68. The van der Waals surface area contributed by atoms with Crippen LogP contribution in [0.1, 0.15) is 0 Å². The van der Waals surface area contributed by atoms with Crippen LogP contribution in [0.15, 0.2) is 48.8 Å². The lowest BCUT2D eigenvalue weighted by Gasteiger charge is -2.35. The lowest BCUT2D eigenvalue weighted by atomic mass is 10.2. The molecule has 3 rings (SSSR count). The first-order valence-corrected chi connectivity index (χ1v) is 7.70. The van der Waals surface area contributed by atoms with Gasteiger partial charge < -0.3 is 14.8 Å². The van der Waals surface area contributed by atoms with E-state index in [1.807, 2.05) is 6.07 Å². The van der Waals surface area contributed by atoms with Crippen LogP contribution in [0.3, 0.4) is 0 Å². The number of benzene rings is 1. The van der Waals surface area contributed by atoms with E-state index in [4.69, 9.17) is 9.47 Å². The largest absolute Gasteiger partial charge is 0.490 e. The van der Waals surface area contributed by atoms with Gasteiger partial charge in [0.1, 0.15) is 23.9 Å². The number of nitrogens with zero attached hydrogens (tertiary/aromatic N) is 2. The molecule has 1 unspecified atom stereocenters. The molecule has 1 atom stereocenters. The fourth-order valence-corrected chi connectivity index (χ4v) is 2.44. The van der Waals surface area contributed by atoms with Crippen molar-refractivity contribution in [2.45, 2.75) is 6.04 Å². The normalized spacial score (nSPS) is 17.4. The van der Waals surface area contributed by atoms with Gasteiger partial charge in [-0.25, -0.2) is 9.18 Å². The first kappa shape index (κ1) is 16.2. The molecule has 7 heteroatoms. The fourth-order valence-electron chi connectivity index (χ4n) is 2.44. The summed E-state index contributed by atoms with van der Waals surface area (Å²) in [6, 6.07) is 8.80. The van der Waals surface area contributed by atoms with Gasteiger partial charge in [-0.3, -0.25) is 9.88 Å². The minimum Gasteiger partial charge on any atom is -0.490 e. The van der Waals surface area contributed by atoms with Crippen LogP contribution in [-0.2, 0) is 0 Å². The summed E-state index contributed by atoms with van der Waals surface area (Å²) in [5.74, 6) is 0.585. The molecule has 0 bridgehead atoms. The van der Waals surface area contributed by atoms with E-state index in [-0.39, 0.29) is 11.9 Å². The highest BCUT2D eigenvalue weighted by Crippen LogP contribution is 2.15. The smallest absolute Gasteiger partial charge is 0.415 e. The molecule has 0 aliphatic carbocycles. The fraction of sp³-hybridized carbons (Fsp3) is 0.294. The number of pyridine rings is 1. The van der Waals surface area contributed by atoms with Crippen LogP contribution < -0.4 is 14.8 Å². The zero-order valence-corrected chi connectivity index (χ0v) is 13.0. The molecule has 0 radical (unpaired) electrons. The molecular formula is C17H18FN3O3. The van der Waals surface area contributed by atoms with E-state index in [1.54, 1.807) is 23.4 Å². The average molecular weight is 331 g/mol. The van der Waals surface area contributed by atoms with Gasteiger partial charge in [0.15, 0.2) is 0 Å². The third-order valence-electron chi connectivity index (χ3n) is 3.68. The monoisotopic (exact) mass is 331 g/mol. The molecule has 1 amide bonds. The van der Waals surface area contributed by atoms with E-state index < -0.39 is 6.09 Å². The van der Waals surface area contributed by atoms with Crippen LogP contribution in [-0.4, -0.2) is 48.3 Å². The molecule has 1 aliphatic heterocycles. The zero-order valence-electron chi connectivity index (χ0n) is 13.0. The van der Waals surface area contributed by atoms with Crippen molar-refractivity contribution in [3.8, 4) is 11.5 Å². The predicted molar refractivity (Wildman–Crippen MR) is 85.5 cm³/mol. The maximum atomic E-state index is 12.9. The van der Waals surface area contributed by atoms with Crippen molar-refractivity contribution in [2.24, 2.45) is 0 Å². The number of carbonyl (C=O) groups is 1. The molecule has 2 heterocycles. The number of hydrogen-bond donors (Lipinski definition) is 1. The second-order valence-electron chi connectivity index (χ2n) is 5.37. The van der Waals surface area contributed by atoms with Crippen molar-refractivity contribution in [2.75, 3.05) is 26.2 Å². The van der Waals surface area contributed by atoms with Crippen molar-refractivity contribution in [3.63, 3.8) is 0 Å². The van der Waals surface area contributed by atoms with E-state index in [1.165, 1.54) is 24.3 Å². The SMILES string of the molecule is O=C(Oc1ccc(F)cc1)N1CCNCC1COc1cccnc1. The van der Waals surface area contributed by atoms with Gasteiger partial charge in [-0.1, -0.05) is 0 Å². The second-order valence-corrected chi connectivity index (χ2v) is 5.37. The maximum Gasteiger partial charge on any atom is 0.415 e. The molecule has 1 aromatic heterocycles. The molecular weight excluding hydrogens is 313 g/mol. The summed E-state index contributed by atoms with van der Waals surface area (Å²) in [4.78, 5) is 18.0. The van der Waals surface area contributed by atoms with Crippen LogP contribution in [0.2, 0.25) is 0 Å². The number of rotatable bonds is 4. The Labute approximate surface area is 139 Å². The van der Waals surface area contributed by atoms with E-state index in [9.17, 15) is 9.18 Å². The first-order chi connectivity index (χ1) is 11.7. The number of ether oxygens (including phenoxy) is 2. The maximum absolute atomic E-state index is 12.9. The van der Waals surface area contributed by atoms with E-state index in [2.05, 4.69) is 10.3 Å². The molecule has 1 aliphatic rings. The van der Waals surface area contributed by atoms with Gasteiger partial charge in [0.05, 0.1) is 12.2 Å². The third kappa shape index (κ3) is 4.20. The van der Waals surface area contributed by atoms with Gasteiger partial charge in [-0.05, 0) is 36.4 Å². The number of amides is 1. The van der Waals surface area contributed by atoms with Crippen molar-refractivity contribution < 1.29 is 18.7 Å². The van der Waals surface area contributed by atoms with Gasteiger partial charge in [0.2, 0.25) is 0 Å². The molecule has 1 N–H and O–H groups in total. The Morgan fingerprint density at radius 1 is 1.29 bits per heavy atom. The second kappa shape index (κ2) is 7.74. The summed E-state index contributed by atoms with van der Waals surface area (Å²) in [6.07, 6.45) is 2.82. The molecule has 1 fully saturated rings. The Hall–Kier alpha value is -2.67. The quantitative estimate of drug-likeness (QED) is 0.929. The summed E-state index contributed by atoms with van der Waals surface area (Å²) in [7, 11) is 0. The Bertz CT molecular complexity index is 667. The zero-order chi connectivity index (χ0) is 16.8. The Morgan fingerprint density at radius 2 is 2.12 bits per heavy atom. The number of halogens is 1. The van der Waals surface area contributed by atoms with E-state index in [0.717, 1.165) is 0 Å². The first-order valence-electron chi connectivity index (χ1n) is 7.70. The van der Waals surface area contributed by atoms with Gasteiger partial charge in [0.25, 0.3) is 0 Å². The lowest BCUT2D eigenvalue weighted by molar-refractivity contribution is 0.0953. The average Bonchev–Trinajstić information content (AvgIpc) is 2.63. The molecule has 6 nitrogen and oxygen atoms in total. The molecule has 1 saturated heterocycles. The summed E-state index contributed by atoms with van der Waals surface area (Å²) < 4.78 is 23.9. The highest BCUT2D eigenvalue weighted by atomic mass is 19.1. The van der Waals surface area contributed by atoms with E-state index in [0.29, 0.717) is 37.7 Å². The van der Waals surface area contributed by atoms with Crippen LogP contribution in [0.25, 0.3) is 0 Å². The summed E-state index contributed by atoms with van der Waals surface area (Å²) in [6.45, 7) is 2.14. The Kier molecular flexibility index (Phi) is 5.22. The molecule has 2 aromatic rings. The molecule has 0 saturated carbocycles. The van der Waals surface area contributed by atoms with Crippen LogP contribution in [0.4, 0.5) is 9.18 Å². The molecule has 1 aromatic carbocycles. The highest BCUT2D eigenvalue weighted by molar-refractivity contribution is 5.71. The van der Waals surface area contributed by atoms with Gasteiger partial charge in [-0.15, -0.1) is 0 Å². The minimum atomic E-state index is -0.470. The Balaban J connectivity index is 1.60. The number of nitrogens with one attached hydrogen (secondary N) is 1. The number of piperazine rings is 1. The standard InChI is InChI=1S/C17H18FN3O3/c18-13-3-5-15(6-4-13)24-17(22)21-9-8-20-10-14(21)12-23-16-2-1-7-19-11-16/h1-7,11,14,20H,8-10,12H2. The van der Waals surface area contributed by atoms with Crippen molar-refractivity contribution >= 4 is 6.09 Å². The summed E-state index contributed by atoms with van der Waals surface area (Å²) >= 11 is 0. The van der Waals surface area contributed by atoms with Gasteiger partial charge in [0, 0.05) is 25.8 Å². The predicted octanol–water partition coefficient (Wildman–Crippen LogP) is 2.07. The van der Waals surface area contributed by atoms with E-state index >= 15 is 0 Å². The minimum absolute atomic E-state index is 0.160. The van der Waals surface area contributed by atoms with Crippen LogP contribution >= 0.6 is 0 Å². The molecule has 126 valence electrons. The molecule has 24 heavy (non-hydrogen) atoms. The van der Waals surface area contributed by atoms with Gasteiger partial charge >= 0.3 is 6.09 Å². The number of carbonyl (C=O) groups excluding carboxylic acids is 1.